The molecule has 0 aromatic rings. The quantitative estimate of drug-likeness (QED) is 0.781. The van der Waals surface area contributed by atoms with Crippen LogP contribution in [0.4, 0.5) is 0 Å². The number of hydrogen-bond acceptors (Lipinski definition) is 3. The van der Waals surface area contributed by atoms with Crippen molar-refractivity contribution in [3.8, 4) is 0 Å². The summed E-state index contributed by atoms with van der Waals surface area (Å²) in [4.78, 5) is 28.1. The highest BCUT2D eigenvalue weighted by molar-refractivity contribution is 5.85. The molecule has 5 heteroatoms. The molecule has 1 amide bonds. The standard InChI is InChI=1S/C16H30N2O3/c1-5-16(6-2,15(20)21)11-14(19)18-9-7-17(8-10-18)12-13(3)4/h13H,5-12H2,1-4H3,(H,20,21). The zero-order valence-electron chi connectivity index (χ0n) is 13.9. The van der Waals surface area contributed by atoms with Crippen LogP contribution in [0.2, 0.25) is 0 Å². The van der Waals surface area contributed by atoms with Gasteiger partial charge in [-0.25, -0.2) is 0 Å². The molecule has 0 aliphatic carbocycles. The van der Waals surface area contributed by atoms with Crippen molar-refractivity contribution >= 4 is 11.9 Å². The number of rotatable bonds is 7. The van der Waals surface area contributed by atoms with E-state index < -0.39 is 11.4 Å². The molecule has 1 aliphatic rings. The van der Waals surface area contributed by atoms with Crippen LogP contribution in [0.1, 0.15) is 47.0 Å². The monoisotopic (exact) mass is 298 g/mol. The smallest absolute Gasteiger partial charge is 0.310 e. The molecule has 0 aromatic carbocycles. The van der Waals surface area contributed by atoms with Gasteiger partial charge < -0.3 is 10.0 Å². The fourth-order valence-corrected chi connectivity index (χ4v) is 2.98. The molecule has 21 heavy (non-hydrogen) atoms. The predicted octanol–water partition coefficient (Wildman–Crippen LogP) is 2.07. The molecule has 1 saturated heterocycles. The van der Waals surface area contributed by atoms with Crippen LogP contribution in [0.25, 0.3) is 0 Å². The first-order chi connectivity index (χ1) is 9.84. The number of hydrogen-bond donors (Lipinski definition) is 1. The average molecular weight is 298 g/mol. The minimum Gasteiger partial charge on any atom is -0.481 e. The van der Waals surface area contributed by atoms with Crippen molar-refractivity contribution in [3.63, 3.8) is 0 Å². The number of amides is 1. The summed E-state index contributed by atoms with van der Waals surface area (Å²) in [5.41, 5.74) is -0.897. The summed E-state index contributed by atoms with van der Waals surface area (Å²) in [5, 5.41) is 9.43. The van der Waals surface area contributed by atoms with Gasteiger partial charge in [0.05, 0.1) is 5.41 Å². The molecule has 0 radical (unpaired) electrons. The first kappa shape index (κ1) is 18.0. The van der Waals surface area contributed by atoms with Crippen molar-refractivity contribution < 1.29 is 14.7 Å². The Morgan fingerprint density at radius 1 is 1.10 bits per heavy atom. The molecule has 1 fully saturated rings. The first-order valence-corrected chi connectivity index (χ1v) is 8.08. The van der Waals surface area contributed by atoms with E-state index in [1.165, 1.54) is 0 Å². The van der Waals surface area contributed by atoms with Gasteiger partial charge in [0.15, 0.2) is 0 Å². The third kappa shape index (κ3) is 4.70. The van der Waals surface area contributed by atoms with Crippen LogP contribution in [0.15, 0.2) is 0 Å². The molecule has 1 rings (SSSR count). The third-order valence-electron chi connectivity index (χ3n) is 4.65. The van der Waals surface area contributed by atoms with Crippen molar-refractivity contribution in [2.45, 2.75) is 47.0 Å². The Hall–Kier alpha value is -1.10. The molecule has 1 aliphatic heterocycles. The molecule has 5 nitrogen and oxygen atoms in total. The number of carboxylic acids is 1. The van der Waals surface area contributed by atoms with E-state index in [4.69, 9.17) is 0 Å². The van der Waals surface area contributed by atoms with Gasteiger partial charge in [0.1, 0.15) is 0 Å². The number of piperazine rings is 1. The highest BCUT2D eigenvalue weighted by atomic mass is 16.4. The van der Waals surface area contributed by atoms with Crippen molar-refractivity contribution in [1.82, 2.24) is 9.80 Å². The highest BCUT2D eigenvalue weighted by Crippen LogP contribution is 2.31. The molecule has 1 heterocycles. The lowest BCUT2D eigenvalue weighted by Gasteiger charge is -2.37. The molecule has 0 saturated carbocycles. The molecule has 0 unspecified atom stereocenters. The Labute approximate surface area is 128 Å². The van der Waals surface area contributed by atoms with E-state index in [1.54, 1.807) is 0 Å². The number of carbonyl (C=O) groups excluding carboxylic acids is 1. The van der Waals surface area contributed by atoms with E-state index in [2.05, 4.69) is 18.7 Å². The minimum absolute atomic E-state index is 0.00898. The maximum Gasteiger partial charge on any atom is 0.310 e. The highest BCUT2D eigenvalue weighted by Gasteiger charge is 2.38. The molecule has 0 spiro atoms. The van der Waals surface area contributed by atoms with Crippen LogP contribution >= 0.6 is 0 Å². The van der Waals surface area contributed by atoms with Gasteiger partial charge in [-0.1, -0.05) is 27.7 Å². The Bertz CT molecular complexity index is 357. The number of nitrogens with zero attached hydrogens (tertiary/aromatic N) is 2. The van der Waals surface area contributed by atoms with Gasteiger partial charge in [0.25, 0.3) is 0 Å². The zero-order valence-corrected chi connectivity index (χ0v) is 13.9. The summed E-state index contributed by atoms with van der Waals surface area (Å²) in [6.45, 7) is 12.4. The molecule has 0 aromatic heterocycles. The molecule has 0 atom stereocenters. The lowest BCUT2D eigenvalue weighted by molar-refractivity contribution is -0.154. The zero-order chi connectivity index (χ0) is 16.0. The first-order valence-electron chi connectivity index (χ1n) is 8.08. The lowest BCUT2D eigenvalue weighted by Crippen LogP contribution is -2.50. The second-order valence-corrected chi connectivity index (χ2v) is 6.54. The topological polar surface area (TPSA) is 60.9 Å². The van der Waals surface area contributed by atoms with E-state index >= 15 is 0 Å². The maximum absolute atomic E-state index is 12.4. The average Bonchev–Trinajstić information content (AvgIpc) is 2.44. The minimum atomic E-state index is -0.897. The van der Waals surface area contributed by atoms with Crippen LogP contribution in [-0.2, 0) is 9.59 Å². The Kier molecular flexibility index (Phi) is 6.65. The van der Waals surface area contributed by atoms with E-state index in [-0.39, 0.29) is 12.3 Å². The van der Waals surface area contributed by atoms with Crippen molar-refractivity contribution in [3.05, 3.63) is 0 Å². The van der Waals surface area contributed by atoms with Crippen molar-refractivity contribution in [1.29, 1.82) is 0 Å². The predicted molar refractivity (Wildman–Crippen MR) is 83.1 cm³/mol. The summed E-state index contributed by atoms with van der Waals surface area (Å²) >= 11 is 0. The maximum atomic E-state index is 12.4. The molecule has 1 N–H and O–H groups in total. The van der Waals surface area contributed by atoms with Crippen LogP contribution in [0, 0.1) is 11.3 Å². The molecular weight excluding hydrogens is 268 g/mol. The van der Waals surface area contributed by atoms with Gasteiger partial charge in [-0.3, -0.25) is 14.5 Å². The van der Waals surface area contributed by atoms with Gasteiger partial charge in [-0.2, -0.15) is 0 Å². The second kappa shape index (κ2) is 7.78. The van der Waals surface area contributed by atoms with Gasteiger partial charge in [0, 0.05) is 39.1 Å². The van der Waals surface area contributed by atoms with E-state index in [0.717, 1.165) is 19.6 Å². The number of carboxylic acid groups (broad SMARTS) is 1. The van der Waals surface area contributed by atoms with Crippen LogP contribution < -0.4 is 0 Å². The Morgan fingerprint density at radius 2 is 1.62 bits per heavy atom. The van der Waals surface area contributed by atoms with Crippen LogP contribution in [0.5, 0.6) is 0 Å². The summed E-state index contributed by atoms with van der Waals surface area (Å²) in [7, 11) is 0. The summed E-state index contributed by atoms with van der Waals surface area (Å²) in [5.74, 6) is -0.225. The summed E-state index contributed by atoms with van der Waals surface area (Å²) in [6, 6.07) is 0. The normalized spacial score (nSPS) is 17.3. The molecule has 122 valence electrons. The van der Waals surface area contributed by atoms with E-state index in [0.29, 0.717) is 31.8 Å². The fourth-order valence-electron chi connectivity index (χ4n) is 2.98. The Balaban J connectivity index is 2.56. The number of carbonyl (C=O) groups is 2. The second-order valence-electron chi connectivity index (χ2n) is 6.54. The summed E-state index contributed by atoms with van der Waals surface area (Å²) in [6.07, 6.45) is 1.12. The van der Waals surface area contributed by atoms with Gasteiger partial charge >= 0.3 is 5.97 Å². The van der Waals surface area contributed by atoms with E-state index in [9.17, 15) is 14.7 Å². The Morgan fingerprint density at radius 3 is 2.00 bits per heavy atom. The SMILES string of the molecule is CCC(CC)(CC(=O)N1CCN(CC(C)C)CC1)C(=O)O. The fraction of sp³-hybridized carbons (Fsp3) is 0.875. The van der Waals surface area contributed by atoms with Gasteiger partial charge in [-0.15, -0.1) is 0 Å². The van der Waals surface area contributed by atoms with Crippen molar-refractivity contribution in [2.75, 3.05) is 32.7 Å². The number of aliphatic carboxylic acids is 1. The summed E-state index contributed by atoms with van der Waals surface area (Å²) < 4.78 is 0. The lowest BCUT2D eigenvalue weighted by atomic mass is 9.79. The van der Waals surface area contributed by atoms with Crippen LogP contribution in [0.3, 0.4) is 0 Å². The van der Waals surface area contributed by atoms with Crippen molar-refractivity contribution in [2.24, 2.45) is 11.3 Å². The molecule has 0 bridgehead atoms. The van der Waals surface area contributed by atoms with Crippen LogP contribution in [-0.4, -0.2) is 59.5 Å². The molecular formula is C16H30N2O3. The van der Waals surface area contributed by atoms with Gasteiger partial charge in [0.2, 0.25) is 5.91 Å². The third-order valence-corrected chi connectivity index (χ3v) is 4.65. The largest absolute Gasteiger partial charge is 0.481 e. The van der Waals surface area contributed by atoms with E-state index in [1.807, 2.05) is 18.7 Å². The van der Waals surface area contributed by atoms with Gasteiger partial charge in [-0.05, 0) is 18.8 Å².